The largest absolute Gasteiger partial charge is 0.481 e. The third-order valence-corrected chi connectivity index (χ3v) is 5.62. The van der Waals surface area contributed by atoms with E-state index in [0.717, 1.165) is 22.3 Å². The summed E-state index contributed by atoms with van der Waals surface area (Å²) in [4.78, 5) is 46.6. The quantitative estimate of drug-likeness (QED) is 0.261. The maximum absolute atomic E-state index is 12.5. The van der Waals surface area contributed by atoms with E-state index in [-0.39, 0.29) is 31.3 Å². The third kappa shape index (κ3) is 6.65. The molecule has 0 radical (unpaired) electrons. The van der Waals surface area contributed by atoms with Crippen molar-refractivity contribution in [1.82, 2.24) is 11.0 Å². The minimum atomic E-state index is -1.25. The molecule has 8 nitrogen and oxygen atoms in total. The fourth-order valence-electron chi connectivity index (χ4n) is 3.97. The number of carbonyl (C=O) groups excluding carboxylic acids is 2. The SMILES string of the molecule is CC(C)(C)ONC(=O)CCCC[C@H](C(=O)O)C(=O)NOCC1c2ccccc2-c2ccccc21. The van der Waals surface area contributed by atoms with Gasteiger partial charge >= 0.3 is 5.97 Å². The molecule has 0 unspecified atom stereocenters. The number of carbonyl (C=O) groups is 3. The Labute approximate surface area is 199 Å². The van der Waals surface area contributed by atoms with E-state index in [9.17, 15) is 19.5 Å². The summed E-state index contributed by atoms with van der Waals surface area (Å²) in [5.74, 6) is -3.51. The number of hydroxylamine groups is 2. The lowest BCUT2D eigenvalue weighted by atomic mass is 9.98. The van der Waals surface area contributed by atoms with Crippen molar-refractivity contribution >= 4 is 17.8 Å². The standard InChI is InChI=1S/C26H32N2O6/c1-26(2,3)34-27-23(29)15-9-8-14-21(25(31)32)24(30)28-33-16-22-19-12-6-4-10-17(19)18-11-5-7-13-20(18)22/h4-7,10-13,21-22H,8-9,14-16H2,1-3H3,(H,27,29)(H,28,30)(H,31,32)/t21-/m0/s1. The van der Waals surface area contributed by atoms with Crippen LogP contribution in [0.5, 0.6) is 0 Å². The number of fused-ring (bicyclic) bond motifs is 3. The fourth-order valence-corrected chi connectivity index (χ4v) is 3.97. The highest BCUT2D eigenvalue weighted by molar-refractivity contribution is 5.96. The number of hydrogen-bond acceptors (Lipinski definition) is 5. The minimum Gasteiger partial charge on any atom is -0.481 e. The summed E-state index contributed by atoms with van der Waals surface area (Å²) in [5.41, 5.74) is 8.70. The van der Waals surface area contributed by atoms with E-state index in [1.54, 1.807) is 0 Å². The van der Waals surface area contributed by atoms with Crippen molar-refractivity contribution in [1.29, 1.82) is 0 Å². The summed E-state index contributed by atoms with van der Waals surface area (Å²) in [6.45, 7) is 5.64. The number of hydrogen-bond donors (Lipinski definition) is 3. The summed E-state index contributed by atoms with van der Waals surface area (Å²) in [5, 5.41) is 9.48. The first-order valence-corrected chi connectivity index (χ1v) is 11.5. The lowest BCUT2D eigenvalue weighted by Crippen LogP contribution is -2.36. The van der Waals surface area contributed by atoms with Crippen molar-refractivity contribution in [3.8, 4) is 11.1 Å². The molecular weight excluding hydrogens is 436 g/mol. The lowest BCUT2D eigenvalue weighted by molar-refractivity contribution is -0.152. The van der Waals surface area contributed by atoms with Crippen LogP contribution in [0.4, 0.5) is 0 Å². The first-order chi connectivity index (χ1) is 16.2. The van der Waals surface area contributed by atoms with Gasteiger partial charge < -0.3 is 5.11 Å². The number of carboxylic acids is 1. The first-order valence-electron chi connectivity index (χ1n) is 11.5. The van der Waals surface area contributed by atoms with Gasteiger partial charge in [-0.15, -0.1) is 0 Å². The molecule has 0 aliphatic heterocycles. The van der Waals surface area contributed by atoms with Gasteiger partial charge in [-0.2, -0.15) is 0 Å². The predicted octanol–water partition coefficient (Wildman–Crippen LogP) is 3.95. The van der Waals surface area contributed by atoms with Crippen molar-refractivity contribution in [3.05, 3.63) is 59.7 Å². The number of nitrogens with one attached hydrogen (secondary N) is 2. The predicted molar refractivity (Wildman–Crippen MR) is 126 cm³/mol. The van der Waals surface area contributed by atoms with Gasteiger partial charge in [0.05, 0.1) is 12.2 Å². The van der Waals surface area contributed by atoms with Crippen molar-refractivity contribution in [2.24, 2.45) is 5.92 Å². The van der Waals surface area contributed by atoms with Gasteiger partial charge in [-0.3, -0.25) is 24.1 Å². The second-order valence-corrected chi connectivity index (χ2v) is 9.38. The van der Waals surface area contributed by atoms with E-state index in [0.29, 0.717) is 12.8 Å². The molecule has 0 saturated heterocycles. The van der Waals surface area contributed by atoms with Crippen LogP contribution < -0.4 is 11.0 Å². The van der Waals surface area contributed by atoms with Crippen molar-refractivity contribution in [3.63, 3.8) is 0 Å². The molecule has 0 heterocycles. The Balaban J connectivity index is 1.47. The monoisotopic (exact) mass is 468 g/mol. The molecule has 1 aliphatic rings. The molecule has 0 bridgehead atoms. The van der Waals surface area contributed by atoms with Gasteiger partial charge in [0.2, 0.25) is 5.91 Å². The van der Waals surface area contributed by atoms with Crippen LogP contribution >= 0.6 is 0 Å². The molecule has 2 aromatic carbocycles. The highest BCUT2D eigenvalue weighted by Gasteiger charge is 2.30. The van der Waals surface area contributed by atoms with Crippen LogP contribution in [0.3, 0.4) is 0 Å². The van der Waals surface area contributed by atoms with Gasteiger partial charge in [0, 0.05) is 12.3 Å². The van der Waals surface area contributed by atoms with Crippen LogP contribution in [-0.4, -0.2) is 35.1 Å². The molecule has 3 N–H and O–H groups in total. The highest BCUT2D eigenvalue weighted by Crippen LogP contribution is 2.44. The average Bonchev–Trinajstić information content (AvgIpc) is 3.11. The van der Waals surface area contributed by atoms with Crippen molar-refractivity contribution in [2.45, 2.75) is 58.0 Å². The first kappa shape index (κ1) is 25.4. The maximum Gasteiger partial charge on any atom is 0.316 e. The van der Waals surface area contributed by atoms with E-state index >= 15 is 0 Å². The average molecular weight is 469 g/mol. The van der Waals surface area contributed by atoms with Gasteiger partial charge in [-0.25, -0.2) is 11.0 Å². The number of unbranched alkanes of at least 4 members (excludes halogenated alkanes) is 1. The molecular formula is C26H32N2O6. The Morgan fingerprint density at radius 3 is 2.09 bits per heavy atom. The van der Waals surface area contributed by atoms with E-state index in [1.807, 2.05) is 57.2 Å². The van der Waals surface area contributed by atoms with E-state index in [4.69, 9.17) is 9.68 Å². The highest BCUT2D eigenvalue weighted by atomic mass is 16.7. The van der Waals surface area contributed by atoms with Gasteiger partial charge in [0.25, 0.3) is 5.91 Å². The zero-order valence-electron chi connectivity index (χ0n) is 19.8. The molecule has 34 heavy (non-hydrogen) atoms. The summed E-state index contributed by atoms with van der Waals surface area (Å²) in [6.07, 6.45) is 1.12. The second kappa shape index (κ2) is 11.3. The van der Waals surface area contributed by atoms with E-state index in [1.165, 1.54) is 0 Å². The number of benzene rings is 2. The van der Waals surface area contributed by atoms with Gasteiger partial charge in [0.15, 0.2) is 0 Å². The molecule has 3 rings (SSSR count). The summed E-state index contributed by atoms with van der Waals surface area (Å²) < 4.78 is 0. The Kier molecular flexibility index (Phi) is 8.41. The second-order valence-electron chi connectivity index (χ2n) is 9.38. The molecule has 0 fully saturated rings. The Morgan fingerprint density at radius 1 is 0.941 bits per heavy atom. The molecule has 0 aromatic heterocycles. The Morgan fingerprint density at radius 2 is 1.53 bits per heavy atom. The number of carboxylic acid groups (broad SMARTS) is 1. The van der Waals surface area contributed by atoms with Gasteiger partial charge in [-0.05, 0) is 55.9 Å². The molecule has 2 amide bonds. The van der Waals surface area contributed by atoms with Crippen LogP contribution in [0.1, 0.15) is 63.5 Å². The van der Waals surface area contributed by atoms with Crippen molar-refractivity contribution < 1.29 is 29.2 Å². The van der Waals surface area contributed by atoms with Gasteiger partial charge in [0.1, 0.15) is 5.92 Å². The molecule has 182 valence electrons. The molecule has 1 aliphatic carbocycles. The third-order valence-electron chi connectivity index (χ3n) is 5.62. The van der Waals surface area contributed by atoms with Crippen LogP contribution in [0.15, 0.2) is 48.5 Å². The normalized spacial score (nSPS) is 13.6. The summed E-state index contributed by atoms with van der Waals surface area (Å²) >= 11 is 0. The number of amides is 2. The van der Waals surface area contributed by atoms with Crippen molar-refractivity contribution in [2.75, 3.05) is 6.61 Å². The number of rotatable bonds is 11. The van der Waals surface area contributed by atoms with Gasteiger partial charge in [-0.1, -0.05) is 55.0 Å². The summed E-state index contributed by atoms with van der Waals surface area (Å²) in [6, 6.07) is 16.1. The smallest absolute Gasteiger partial charge is 0.316 e. The minimum absolute atomic E-state index is 0.0511. The van der Waals surface area contributed by atoms with E-state index in [2.05, 4.69) is 23.1 Å². The van der Waals surface area contributed by atoms with Crippen LogP contribution in [0, 0.1) is 5.92 Å². The molecule has 0 spiro atoms. The zero-order valence-corrected chi connectivity index (χ0v) is 19.8. The number of aliphatic carboxylic acids is 1. The molecule has 8 heteroatoms. The topological polar surface area (TPSA) is 114 Å². The fraction of sp³-hybridized carbons (Fsp3) is 0.423. The van der Waals surface area contributed by atoms with Crippen LogP contribution in [0.2, 0.25) is 0 Å². The lowest BCUT2D eigenvalue weighted by Gasteiger charge is -2.19. The van der Waals surface area contributed by atoms with E-state index < -0.39 is 23.4 Å². The Hall–Kier alpha value is -3.23. The summed E-state index contributed by atoms with van der Waals surface area (Å²) in [7, 11) is 0. The van der Waals surface area contributed by atoms with Crippen LogP contribution in [-0.2, 0) is 24.1 Å². The Bertz CT molecular complexity index is 984. The molecule has 2 aromatic rings. The van der Waals surface area contributed by atoms with Crippen LogP contribution in [0.25, 0.3) is 11.1 Å². The molecule has 0 saturated carbocycles. The molecule has 1 atom stereocenters. The maximum atomic E-state index is 12.5. The zero-order chi connectivity index (χ0) is 24.7.